The number of rotatable bonds is 3. The van der Waals surface area contributed by atoms with Crippen LogP contribution in [0.4, 0.5) is 13.2 Å². The van der Waals surface area contributed by atoms with E-state index in [4.69, 9.17) is 10.8 Å². The third-order valence-electron chi connectivity index (χ3n) is 1.17. The van der Waals surface area contributed by atoms with Crippen LogP contribution in [0.5, 0.6) is 0 Å². The molecule has 11 heavy (non-hydrogen) atoms. The van der Waals surface area contributed by atoms with Gasteiger partial charge in [0.25, 0.3) is 0 Å². The van der Waals surface area contributed by atoms with Crippen LogP contribution < -0.4 is 5.73 Å². The number of carbonyl (C=O) groups is 1. The molecule has 0 aliphatic heterocycles. The molecule has 0 aliphatic rings. The van der Waals surface area contributed by atoms with Gasteiger partial charge >= 0.3 is 12.1 Å². The molecule has 0 heterocycles. The molecule has 0 aromatic carbocycles. The van der Waals surface area contributed by atoms with Crippen molar-refractivity contribution in [3.63, 3.8) is 0 Å². The van der Waals surface area contributed by atoms with E-state index in [-0.39, 0.29) is 0 Å². The summed E-state index contributed by atoms with van der Waals surface area (Å²) in [6.07, 6.45) is -5.47. The molecule has 3 nitrogen and oxygen atoms in total. The third kappa shape index (κ3) is 3.82. The van der Waals surface area contributed by atoms with Gasteiger partial charge in [0.05, 0.1) is 12.3 Å². The van der Waals surface area contributed by atoms with Gasteiger partial charge in [0.1, 0.15) is 0 Å². The zero-order valence-electron chi connectivity index (χ0n) is 5.56. The molecular weight excluding hydrogens is 163 g/mol. The Morgan fingerprint density at radius 1 is 1.55 bits per heavy atom. The van der Waals surface area contributed by atoms with Crippen LogP contribution in [0.25, 0.3) is 0 Å². The second kappa shape index (κ2) is 3.56. The first-order chi connectivity index (χ1) is 4.88. The quantitative estimate of drug-likeness (QED) is 0.653. The average molecular weight is 171 g/mol. The molecule has 0 bridgehead atoms. The maximum atomic E-state index is 11.7. The summed E-state index contributed by atoms with van der Waals surface area (Å²) >= 11 is 0. The van der Waals surface area contributed by atoms with E-state index in [9.17, 15) is 18.0 Å². The van der Waals surface area contributed by atoms with Gasteiger partial charge < -0.3 is 10.8 Å². The topological polar surface area (TPSA) is 63.3 Å². The van der Waals surface area contributed by atoms with E-state index < -0.39 is 31.0 Å². The SMILES string of the molecule is NC[C@H](CC(=O)O)C(F)(F)F. The highest BCUT2D eigenvalue weighted by Gasteiger charge is 2.39. The molecule has 66 valence electrons. The largest absolute Gasteiger partial charge is 0.481 e. The molecule has 0 unspecified atom stereocenters. The normalized spacial score (nSPS) is 14.5. The molecule has 0 aromatic heterocycles. The van der Waals surface area contributed by atoms with Crippen LogP contribution in [0.1, 0.15) is 6.42 Å². The molecule has 0 aromatic rings. The number of nitrogens with two attached hydrogens (primary N) is 1. The molecule has 0 saturated heterocycles. The van der Waals surface area contributed by atoms with Gasteiger partial charge in [-0.25, -0.2) is 0 Å². The predicted molar refractivity (Wildman–Crippen MR) is 30.9 cm³/mol. The van der Waals surface area contributed by atoms with Crippen molar-refractivity contribution in [3.05, 3.63) is 0 Å². The van der Waals surface area contributed by atoms with E-state index in [1.807, 2.05) is 0 Å². The van der Waals surface area contributed by atoms with Gasteiger partial charge in [0, 0.05) is 6.54 Å². The Bertz CT molecular complexity index is 145. The molecule has 0 aliphatic carbocycles. The first kappa shape index (κ1) is 10.2. The van der Waals surface area contributed by atoms with Gasteiger partial charge in [-0.15, -0.1) is 0 Å². The Morgan fingerprint density at radius 2 is 2.00 bits per heavy atom. The molecule has 3 N–H and O–H groups in total. The van der Waals surface area contributed by atoms with Gasteiger partial charge in [-0.2, -0.15) is 13.2 Å². The molecule has 0 spiro atoms. The third-order valence-corrected chi connectivity index (χ3v) is 1.17. The molecule has 1 atom stereocenters. The van der Waals surface area contributed by atoms with Crippen molar-refractivity contribution >= 4 is 5.97 Å². The Labute approximate surface area is 61.0 Å². The molecule has 0 fully saturated rings. The van der Waals surface area contributed by atoms with Crippen molar-refractivity contribution < 1.29 is 23.1 Å². The Hall–Kier alpha value is -0.780. The maximum Gasteiger partial charge on any atom is 0.393 e. The summed E-state index contributed by atoms with van der Waals surface area (Å²) in [5.41, 5.74) is 4.72. The molecule has 0 amide bonds. The van der Waals surface area contributed by atoms with Gasteiger partial charge in [0.2, 0.25) is 0 Å². The Balaban J connectivity index is 4.07. The number of aliphatic carboxylic acids is 1. The van der Waals surface area contributed by atoms with E-state index in [1.54, 1.807) is 0 Å². The highest BCUT2D eigenvalue weighted by atomic mass is 19.4. The second-order valence-corrected chi connectivity index (χ2v) is 2.07. The summed E-state index contributed by atoms with van der Waals surface area (Å²) in [7, 11) is 0. The second-order valence-electron chi connectivity index (χ2n) is 2.07. The highest BCUT2D eigenvalue weighted by Crippen LogP contribution is 2.27. The fourth-order valence-electron chi connectivity index (χ4n) is 0.543. The number of alkyl halides is 3. The van der Waals surface area contributed by atoms with Crippen molar-refractivity contribution in [2.24, 2.45) is 11.7 Å². The number of hydrogen-bond donors (Lipinski definition) is 2. The molecule has 6 heteroatoms. The fraction of sp³-hybridized carbons (Fsp3) is 0.800. The fourth-order valence-corrected chi connectivity index (χ4v) is 0.543. The van der Waals surface area contributed by atoms with Crippen LogP contribution in [0.3, 0.4) is 0 Å². The average Bonchev–Trinajstić information content (AvgIpc) is 1.79. The zero-order chi connectivity index (χ0) is 9.07. The summed E-state index contributed by atoms with van der Waals surface area (Å²) in [6, 6.07) is 0. The first-order valence-electron chi connectivity index (χ1n) is 2.86. The summed E-state index contributed by atoms with van der Waals surface area (Å²) in [6.45, 7) is -0.685. The monoisotopic (exact) mass is 171 g/mol. The first-order valence-corrected chi connectivity index (χ1v) is 2.86. The number of carboxylic acids is 1. The number of carboxylic acid groups (broad SMARTS) is 1. The minimum Gasteiger partial charge on any atom is -0.481 e. The smallest absolute Gasteiger partial charge is 0.393 e. The van der Waals surface area contributed by atoms with Crippen LogP contribution in [0.2, 0.25) is 0 Å². The molecule has 0 rings (SSSR count). The lowest BCUT2D eigenvalue weighted by atomic mass is 10.1. The molecule has 0 radical (unpaired) electrons. The number of hydrogen-bond acceptors (Lipinski definition) is 2. The number of halogens is 3. The van der Waals surface area contributed by atoms with E-state index in [1.165, 1.54) is 0 Å². The zero-order valence-corrected chi connectivity index (χ0v) is 5.56. The lowest BCUT2D eigenvalue weighted by Gasteiger charge is -2.15. The molecular formula is C5H8F3NO2. The lowest BCUT2D eigenvalue weighted by Crippen LogP contribution is -2.32. The predicted octanol–water partition coefficient (Wildman–Crippen LogP) is 0.598. The standard InChI is InChI=1S/C5H8F3NO2/c6-5(7,8)3(2-9)1-4(10)11/h3H,1-2,9H2,(H,10,11)/t3-/m0/s1. The Morgan fingerprint density at radius 3 is 2.09 bits per heavy atom. The van der Waals surface area contributed by atoms with E-state index >= 15 is 0 Å². The van der Waals surface area contributed by atoms with Crippen molar-refractivity contribution in [2.75, 3.05) is 6.54 Å². The van der Waals surface area contributed by atoms with Gasteiger partial charge in [0.15, 0.2) is 0 Å². The Kier molecular flexibility index (Phi) is 3.31. The van der Waals surface area contributed by atoms with E-state index in [0.29, 0.717) is 0 Å². The van der Waals surface area contributed by atoms with Crippen LogP contribution in [0, 0.1) is 5.92 Å². The van der Waals surface area contributed by atoms with Crippen molar-refractivity contribution in [2.45, 2.75) is 12.6 Å². The van der Waals surface area contributed by atoms with Gasteiger partial charge in [-0.05, 0) is 0 Å². The summed E-state index contributed by atoms with van der Waals surface area (Å²) in [4.78, 5) is 9.86. The van der Waals surface area contributed by atoms with Crippen molar-refractivity contribution in [1.29, 1.82) is 0 Å². The maximum absolute atomic E-state index is 11.7. The van der Waals surface area contributed by atoms with E-state index in [2.05, 4.69) is 0 Å². The van der Waals surface area contributed by atoms with Crippen LogP contribution >= 0.6 is 0 Å². The van der Waals surface area contributed by atoms with Crippen molar-refractivity contribution in [3.8, 4) is 0 Å². The van der Waals surface area contributed by atoms with E-state index in [0.717, 1.165) is 0 Å². The van der Waals surface area contributed by atoms with Gasteiger partial charge in [-0.1, -0.05) is 0 Å². The van der Waals surface area contributed by atoms with Crippen molar-refractivity contribution in [1.82, 2.24) is 0 Å². The van der Waals surface area contributed by atoms with Crippen LogP contribution in [-0.2, 0) is 4.79 Å². The molecule has 0 saturated carbocycles. The van der Waals surface area contributed by atoms with Crippen LogP contribution in [-0.4, -0.2) is 23.8 Å². The minimum absolute atomic E-state index is 0.685. The minimum atomic E-state index is -4.51. The lowest BCUT2D eigenvalue weighted by molar-refractivity contribution is -0.180. The van der Waals surface area contributed by atoms with Crippen LogP contribution in [0.15, 0.2) is 0 Å². The summed E-state index contributed by atoms with van der Waals surface area (Å²) in [5, 5.41) is 8.02. The summed E-state index contributed by atoms with van der Waals surface area (Å²) in [5.74, 6) is -3.42. The van der Waals surface area contributed by atoms with Gasteiger partial charge in [-0.3, -0.25) is 4.79 Å². The summed E-state index contributed by atoms with van der Waals surface area (Å²) < 4.78 is 35.2. The highest BCUT2D eigenvalue weighted by molar-refractivity contribution is 5.67.